The van der Waals surface area contributed by atoms with Gasteiger partial charge in [-0.25, -0.2) is 14.8 Å². The number of aromatic nitrogens is 5. The number of nitrogens with one attached hydrogen (secondary N) is 1. The second-order valence-corrected chi connectivity index (χ2v) is 8.47. The highest BCUT2D eigenvalue weighted by atomic mass is 32.1. The van der Waals surface area contributed by atoms with Gasteiger partial charge >= 0.3 is 11.7 Å². The number of thiazole rings is 1. The van der Waals surface area contributed by atoms with E-state index in [9.17, 15) is 19.2 Å². The highest BCUT2D eigenvalue weighted by Crippen LogP contribution is 2.25. The van der Waals surface area contributed by atoms with Crippen LogP contribution < -0.4 is 16.1 Å². The van der Waals surface area contributed by atoms with Gasteiger partial charge in [-0.15, -0.1) is 11.3 Å². The van der Waals surface area contributed by atoms with Crippen LogP contribution in [0.15, 0.2) is 15.0 Å². The summed E-state index contributed by atoms with van der Waals surface area (Å²) in [4.78, 5) is 61.4. The Bertz CT molecular complexity index is 1290. The molecule has 4 rings (SSSR count). The number of ether oxygens (including phenoxy) is 1. The molecular formula is C20H24N6O5S. The van der Waals surface area contributed by atoms with Crippen LogP contribution in [0.25, 0.3) is 11.2 Å². The predicted octanol–water partition coefficient (Wildman–Crippen LogP) is 1.09. The van der Waals surface area contributed by atoms with E-state index < -0.39 is 17.2 Å². The number of imidazole rings is 1. The Hall–Kier alpha value is -3.28. The van der Waals surface area contributed by atoms with Crippen LogP contribution in [0.5, 0.6) is 0 Å². The van der Waals surface area contributed by atoms with Crippen LogP contribution in [0, 0.1) is 0 Å². The molecule has 0 saturated carbocycles. The maximum absolute atomic E-state index is 12.3. The summed E-state index contributed by atoms with van der Waals surface area (Å²) in [6.07, 6.45) is 2.94. The second-order valence-electron chi connectivity index (χ2n) is 7.63. The first-order valence-electron chi connectivity index (χ1n) is 10.5. The largest absolute Gasteiger partial charge is 0.457 e. The molecule has 0 spiro atoms. The van der Waals surface area contributed by atoms with Crippen molar-refractivity contribution in [2.45, 2.75) is 52.2 Å². The molecule has 1 aliphatic heterocycles. The van der Waals surface area contributed by atoms with Gasteiger partial charge in [0, 0.05) is 31.9 Å². The third-order valence-electron chi connectivity index (χ3n) is 5.37. The van der Waals surface area contributed by atoms with Gasteiger partial charge in [-0.3, -0.25) is 28.8 Å². The van der Waals surface area contributed by atoms with E-state index in [-0.39, 0.29) is 30.1 Å². The quantitative estimate of drug-likeness (QED) is 0.498. The van der Waals surface area contributed by atoms with Gasteiger partial charge in [0.25, 0.3) is 5.56 Å². The van der Waals surface area contributed by atoms with Crippen molar-refractivity contribution < 1.29 is 14.3 Å². The van der Waals surface area contributed by atoms with Crippen molar-refractivity contribution >= 4 is 39.5 Å². The molecule has 170 valence electrons. The Kier molecular flexibility index (Phi) is 6.21. The van der Waals surface area contributed by atoms with Crippen LogP contribution in [0.3, 0.4) is 0 Å². The number of nitrogens with zero attached hydrogens (tertiary/aromatic N) is 5. The van der Waals surface area contributed by atoms with Crippen molar-refractivity contribution in [2.24, 2.45) is 7.05 Å². The van der Waals surface area contributed by atoms with Crippen LogP contribution >= 0.6 is 11.3 Å². The summed E-state index contributed by atoms with van der Waals surface area (Å²) < 4.78 is 8.32. The van der Waals surface area contributed by atoms with Gasteiger partial charge < -0.3 is 9.30 Å². The highest BCUT2D eigenvalue weighted by molar-refractivity contribution is 7.14. The predicted molar refractivity (Wildman–Crippen MR) is 118 cm³/mol. The van der Waals surface area contributed by atoms with Crippen molar-refractivity contribution in [1.82, 2.24) is 24.1 Å². The smallest absolute Gasteiger partial charge is 0.330 e. The van der Waals surface area contributed by atoms with E-state index in [0.29, 0.717) is 36.2 Å². The number of aromatic amines is 1. The molecule has 32 heavy (non-hydrogen) atoms. The molecule has 1 fully saturated rings. The van der Waals surface area contributed by atoms with Gasteiger partial charge in [-0.1, -0.05) is 13.3 Å². The van der Waals surface area contributed by atoms with E-state index >= 15 is 0 Å². The fraction of sp³-hybridized carbons (Fsp3) is 0.500. The summed E-state index contributed by atoms with van der Waals surface area (Å²) >= 11 is 1.32. The van der Waals surface area contributed by atoms with Crippen molar-refractivity contribution in [3.05, 3.63) is 37.7 Å². The fourth-order valence-electron chi connectivity index (χ4n) is 3.64. The zero-order valence-corrected chi connectivity index (χ0v) is 18.7. The average Bonchev–Trinajstić information content (AvgIpc) is 3.45. The van der Waals surface area contributed by atoms with Crippen LogP contribution in [0.1, 0.15) is 44.1 Å². The molecule has 3 aromatic rings. The first kappa shape index (κ1) is 21.9. The topological polar surface area (TPSA) is 132 Å². The number of rotatable bonds is 8. The van der Waals surface area contributed by atoms with Crippen LogP contribution in [0.2, 0.25) is 0 Å². The number of esters is 1. The van der Waals surface area contributed by atoms with Gasteiger partial charge in [0.1, 0.15) is 12.4 Å². The van der Waals surface area contributed by atoms with Crippen molar-refractivity contribution in [2.75, 3.05) is 11.4 Å². The fourth-order valence-corrected chi connectivity index (χ4v) is 4.51. The van der Waals surface area contributed by atoms with E-state index in [0.717, 1.165) is 19.3 Å². The normalized spacial score (nSPS) is 13.9. The molecular weight excluding hydrogens is 436 g/mol. The van der Waals surface area contributed by atoms with Crippen LogP contribution in [-0.2, 0) is 40.9 Å². The lowest BCUT2D eigenvalue weighted by Gasteiger charge is -2.10. The number of carbonyl (C=O) groups is 2. The SMILES string of the molecule is CCCCn1c(=O)[nH]c(=O)c2c1nc(COC(=O)Cc1csc(N3CCCC3=O)n1)n2C. The third kappa shape index (κ3) is 4.22. The lowest BCUT2D eigenvalue weighted by Crippen LogP contribution is -2.31. The molecule has 0 aliphatic carbocycles. The minimum absolute atomic E-state index is 0.0374. The number of H-pyrrole nitrogens is 1. The summed E-state index contributed by atoms with van der Waals surface area (Å²) in [6, 6.07) is 0. The molecule has 1 amide bonds. The first-order chi connectivity index (χ1) is 15.4. The second kappa shape index (κ2) is 9.07. The lowest BCUT2D eigenvalue weighted by atomic mass is 10.3. The standard InChI is InChI=1S/C20H24N6O5S/c1-3-4-7-26-17-16(18(29)23-19(26)30)24(2)13(22-17)10-31-15(28)9-12-11-32-20(21-12)25-8-5-6-14(25)27/h11H,3-10H2,1-2H3,(H,23,29,30). The van der Waals surface area contributed by atoms with E-state index in [4.69, 9.17) is 4.74 Å². The number of hydrogen-bond donors (Lipinski definition) is 1. The molecule has 0 unspecified atom stereocenters. The van der Waals surface area contributed by atoms with E-state index in [1.165, 1.54) is 20.5 Å². The molecule has 12 heteroatoms. The Labute approximate surface area is 186 Å². The molecule has 0 radical (unpaired) electrons. The molecule has 11 nitrogen and oxygen atoms in total. The Morgan fingerprint density at radius 1 is 1.28 bits per heavy atom. The number of carbonyl (C=O) groups excluding carboxylic acids is 2. The molecule has 4 heterocycles. The number of anilines is 1. The summed E-state index contributed by atoms with van der Waals surface area (Å²) in [7, 11) is 1.64. The monoisotopic (exact) mass is 460 g/mol. The van der Waals surface area contributed by atoms with Crippen molar-refractivity contribution in [1.29, 1.82) is 0 Å². The van der Waals surface area contributed by atoms with Gasteiger partial charge in [0.2, 0.25) is 5.91 Å². The molecule has 0 bridgehead atoms. The first-order valence-corrected chi connectivity index (χ1v) is 11.4. The zero-order chi connectivity index (χ0) is 22.8. The van der Waals surface area contributed by atoms with Crippen LogP contribution in [0.4, 0.5) is 5.13 Å². The van der Waals surface area contributed by atoms with E-state index in [2.05, 4.69) is 15.0 Å². The molecule has 1 saturated heterocycles. The average molecular weight is 461 g/mol. The summed E-state index contributed by atoms with van der Waals surface area (Å²) in [5, 5.41) is 2.33. The van der Waals surface area contributed by atoms with Gasteiger partial charge in [0.15, 0.2) is 16.3 Å². The van der Waals surface area contributed by atoms with Crippen molar-refractivity contribution in [3.63, 3.8) is 0 Å². The molecule has 1 aliphatic rings. The van der Waals surface area contributed by atoms with Crippen LogP contribution in [-0.4, -0.2) is 42.5 Å². The molecule has 3 aromatic heterocycles. The molecule has 0 atom stereocenters. The van der Waals surface area contributed by atoms with Gasteiger partial charge in [-0.05, 0) is 12.8 Å². The number of amides is 1. The third-order valence-corrected chi connectivity index (χ3v) is 6.29. The van der Waals surface area contributed by atoms with Gasteiger partial charge in [-0.2, -0.15) is 0 Å². The van der Waals surface area contributed by atoms with E-state index in [1.807, 2.05) is 6.92 Å². The minimum atomic E-state index is -0.531. The Morgan fingerprint density at radius 2 is 2.09 bits per heavy atom. The number of hydrogen-bond acceptors (Lipinski definition) is 8. The Balaban J connectivity index is 1.46. The number of aryl methyl sites for hydroxylation is 2. The minimum Gasteiger partial charge on any atom is -0.457 e. The maximum atomic E-state index is 12.3. The maximum Gasteiger partial charge on any atom is 0.330 e. The summed E-state index contributed by atoms with van der Waals surface area (Å²) in [6.45, 7) is 2.94. The number of fused-ring (bicyclic) bond motifs is 1. The zero-order valence-electron chi connectivity index (χ0n) is 17.9. The Morgan fingerprint density at radius 3 is 2.81 bits per heavy atom. The highest BCUT2D eigenvalue weighted by Gasteiger charge is 2.24. The summed E-state index contributed by atoms with van der Waals surface area (Å²) in [5.74, 6) is -0.0991. The lowest BCUT2D eigenvalue weighted by molar-refractivity contribution is -0.144. The molecule has 0 aromatic carbocycles. The number of unbranched alkanes of at least 4 members (excludes halogenated alkanes) is 1. The van der Waals surface area contributed by atoms with Gasteiger partial charge in [0.05, 0.1) is 12.1 Å². The summed E-state index contributed by atoms with van der Waals surface area (Å²) in [5.41, 5.74) is 0.0288. The molecule has 1 N–H and O–H groups in total. The van der Waals surface area contributed by atoms with Crippen molar-refractivity contribution in [3.8, 4) is 0 Å². The van der Waals surface area contributed by atoms with E-state index in [1.54, 1.807) is 17.3 Å².